The van der Waals surface area contributed by atoms with Gasteiger partial charge in [0.2, 0.25) is 0 Å². The summed E-state index contributed by atoms with van der Waals surface area (Å²) >= 11 is 2.24. The topological polar surface area (TPSA) is 43.0 Å². The van der Waals surface area contributed by atoms with Gasteiger partial charge in [0.25, 0.3) is 0 Å². The molecular weight excluding hydrogens is 305 g/mol. The molecule has 1 N–H and O–H groups in total. The molecule has 4 nitrogen and oxygen atoms in total. The molecule has 0 aliphatic rings. The molecule has 15 heavy (non-hydrogen) atoms. The minimum absolute atomic E-state index is 0.687. The Hall–Kier alpha value is -0.820. The predicted octanol–water partition coefficient (Wildman–Crippen LogP) is 1.85. The molecule has 2 heterocycles. The SMILES string of the molecule is CNCc1coc(Cn2cc(I)cn2)c1. The second-order valence-corrected chi connectivity index (χ2v) is 4.55. The molecule has 2 aromatic heterocycles. The molecule has 0 saturated heterocycles. The molecule has 0 aliphatic heterocycles. The van der Waals surface area contributed by atoms with Crippen LogP contribution in [0.2, 0.25) is 0 Å². The van der Waals surface area contributed by atoms with Crippen LogP contribution in [0.3, 0.4) is 0 Å². The van der Waals surface area contributed by atoms with Crippen molar-refractivity contribution in [2.75, 3.05) is 7.05 Å². The van der Waals surface area contributed by atoms with Gasteiger partial charge in [-0.3, -0.25) is 4.68 Å². The second-order valence-electron chi connectivity index (χ2n) is 3.31. The van der Waals surface area contributed by atoms with Gasteiger partial charge in [0, 0.05) is 18.3 Å². The summed E-state index contributed by atoms with van der Waals surface area (Å²) in [6.07, 6.45) is 5.60. The van der Waals surface area contributed by atoms with Crippen molar-refractivity contribution < 1.29 is 4.42 Å². The Kier molecular flexibility index (Phi) is 3.42. The van der Waals surface area contributed by atoms with E-state index in [1.807, 2.05) is 30.2 Å². The van der Waals surface area contributed by atoms with Gasteiger partial charge in [-0.1, -0.05) is 0 Å². The number of halogens is 1. The van der Waals surface area contributed by atoms with E-state index in [2.05, 4.69) is 33.0 Å². The van der Waals surface area contributed by atoms with Crippen LogP contribution in [0.25, 0.3) is 0 Å². The maximum absolute atomic E-state index is 5.43. The molecule has 5 heteroatoms. The molecule has 0 bridgehead atoms. The van der Waals surface area contributed by atoms with E-state index in [1.165, 1.54) is 0 Å². The molecule has 0 atom stereocenters. The van der Waals surface area contributed by atoms with E-state index in [0.29, 0.717) is 6.54 Å². The molecule has 0 aliphatic carbocycles. The summed E-state index contributed by atoms with van der Waals surface area (Å²) in [6.45, 7) is 1.52. The van der Waals surface area contributed by atoms with E-state index >= 15 is 0 Å². The van der Waals surface area contributed by atoms with E-state index < -0.39 is 0 Å². The highest BCUT2D eigenvalue weighted by Gasteiger charge is 2.03. The van der Waals surface area contributed by atoms with Crippen LogP contribution >= 0.6 is 22.6 Å². The smallest absolute Gasteiger partial charge is 0.125 e. The number of furan rings is 1. The lowest BCUT2D eigenvalue weighted by Gasteiger charge is -1.95. The molecule has 0 radical (unpaired) electrons. The van der Waals surface area contributed by atoms with Crippen LogP contribution in [0.15, 0.2) is 29.1 Å². The van der Waals surface area contributed by atoms with Crippen LogP contribution in [0, 0.1) is 3.57 Å². The number of aromatic nitrogens is 2. The van der Waals surface area contributed by atoms with E-state index in [-0.39, 0.29) is 0 Å². The van der Waals surface area contributed by atoms with Crippen LogP contribution < -0.4 is 5.32 Å². The Morgan fingerprint density at radius 3 is 3.13 bits per heavy atom. The van der Waals surface area contributed by atoms with Crippen molar-refractivity contribution in [3.63, 3.8) is 0 Å². The molecule has 80 valence electrons. The van der Waals surface area contributed by atoms with Gasteiger partial charge >= 0.3 is 0 Å². The average Bonchev–Trinajstić information content (AvgIpc) is 2.78. The van der Waals surface area contributed by atoms with Gasteiger partial charge in [0.15, 0.2) is 0 Å². The monoisotopic (exact) mass is 317 g/mol. The third-order valence-electron chi connectivity index (χ3n) is 2.01. The zero-order valence-electron chi connectivity index (χ0n) is 8.40. The summed E-state index contributed by atoms with van der Waals surface area (Å²) in [5.41, 5.74) is 1.16. The first-order chi connectivity index (χ1) is 7.28. The van der Waals surface area contributed by atoms with Crippen molar-refractivity contribution >= 4 is 22.6 Å². The fourth-order valence-electron chi connectivity index (χ4n) is 1.39. The molecular formula is C10H12IN3O. The molecule has 2 aromatic rings. The van der Waals surface area contributed by atoms with Gasteiger partial charge in [-0.2, -0.15) is 5.10 Å². The summed E-state index contributed by atoms with van der Waals surface area (Å²) in [5.74, 6) is 0.930. The van der Waals surface area contributed by atoms with Gasteiger partial charge in [-0.05, 0) is 35.7 Å². The maximum Gasteiger partial charge on any atom is 0.125 e. The number of nitrogens with zero attached hydrogens (tertiary/aromatic N) is 2. The van der Waals surface area contributed by atoms with Crippen molar-refractivity contribution in [1.29, 1.82) is 0 Å². The molecule has 0 aromatic carbocycles. The first kappa shape index (κ1) is 10.7. The van der Waals surface area contributed by atoms with Gasteiger partial charge in [-0.15, -0.1) is 0 Å². The third-order valence-corrected chi connectivity index (χ3v) is 2.57. The Labute approximate surface area is 102 Å². The highest BCUT2D eigenvalue weighted by molar-refractivity contribution is 14.1. The van der Waals surface area contributed by atoms with Gasteiger partial charge in [-0.25, -0.2) is 0 Å². The summed E-state index contributed by atoms with van der Waals surface area (Å²) in [4.78, 5) is 0. The largest absolute Gasteiger partial charge is 0.467 e. The van der Waals surface area contributed by atoms with Gasteiger partial charge < -0.3 is 9.73 Å². The normalized spacial score (nSPS) is 10.8. The van der Waals surface area contributed by atoms with Crippen molar-refractivity contribution in [2.24, 2.45) is 0 Å². The van der Waals surface area contributed by atoms with Gasteiger partial charge in [0.05, 0.1) is 22.6 Å². The Morgan fingerprint density at radius 1 is 1.60 bits per heavy atom. The lowest BCUT2D eigenvalue weighted by atomic mass is 10.3. The van der Waals surface area contributed by atoms with E-state index in [0.717, 1.165) is 21.4 Å². The van der Waals surface area contributed by atoms with Crippen molar-refractivity contribution in [1.82, 2.24) is 15.1 Å². The Balaban J connectivity index is 2.04. The van der Waals surface area contributed by atoms with Gasteiger partial charge in [0.1, 0.15) is 5.76 Å². The minimum atomic E-state index is 0.687. The van der Waals surface area contributed by atoms with Crippen LogP contribution in [0.1, 0.15) is 11.3 Å². The van der Waals surface area contributed by atoms with Crippen LogP contribution in [0.4, 0.5) is 0 Å². The molecule has 0 fully saturated rings. The molecule has 0 spiro atoms. The third kappa shape index (κ3) is 2.82. The second kappa shape index (κ2) is 4.80. The van der Waals surface area contributed by atoms with Crippen LogP contribution in [-0.4, -0.2) is 16.8 Å². The minimum Gasteiger partial charge on any atom is -0.467 e. The number of hydrogen-bond acceptors (Lipinski definition) is 3. The highest BCUT2D eigenvalue weighted by atomic mass is 127. The summed E-state index contributed by atoms with van der Waals surface area (Å²) in [6, 6.07) is 2.05. The molecule has 0 saturated carbocycles. The Bertz CT molecular complexity index is 435. The quantitative estimate of drug-likeness (QED) is 0.875. The zero-order valence-corrected chi connectivity index (χ0v) is 10.6. The highest BCUT2D eigenvalue weighted by Crippen LogP contribution is 2.10. The van der Waals surface area contributed by atoms with Crippen molar-refractivity contribution in [3.8, 4) is 0 Å². The average molecular weight is 317 g/mol. The molecule has 2 rings (SSSR count). The molecule has 0 amide bonds. The fraction of sp³-hybridized carbons (Fsp3) is 0.300. The maximum atomic E-state index is 5.43. The lowest BCUT2D eigenvalue weighted by Crippen LogP contribution is -2.03. The standard InChI is InChI=1S/C10H12IN3O/c1-12-3-8-2-10(15-7-8)6-14-5-9(11)4-13-14/h2,4-5,7,12H,3,6H2,1H3. The number of nitrogens with one attached hydrogen (secondary N) is 1. The van der Waals surface area contributed by atoms with Crippen molar-refractivity contribution in [3.05, 3.63) is 39.6 Å². The lowest BCUT2D eigenvalue weighted by molar-refractivity contribution is 0.478. The first-order valence-electron chi connectivity index (χ1n) is 4.67. The summed E-state index contributed by atoms with van der Waals surface area (Å²) < 4.78 is 8.43. The summed E-state index contributed by atoms with van der Waals surface area (Å²) in [5, 5.41) is 7.28. The van der Waals surface area contributed by atoms with E-state index in [9.17, 15) is 0 Å². The van der Waals surface area contributed by atoms with E-state index in [1.54, 1.807) is 6.26 Å². The number of rotatable bonds is 4. The van der Waals surface area contributed by atoms with E-state index in [4.69, 9.17) is 4.42 Å². The predicted molar refractivity (Wildman–Crippen MR) is 65.5 cm³/mol. The molecule has 0 unspecified atom stereocenters. The zero-order chi connectivity index (χ0) is 10.7. The fourth-order valence-corrected chi connectivity index (χ4v) is 1.84. The summed E-state index contributed by atoms with van der Waals surface area (Å²) in [7, 11) is 1.92. The van der Waals surface area contributed by atoms with Crippen LogP contribution in [0.5, 0.6) is 0 Å². The first-order valence-corrected chi connectivity index (χ1v) is 5.74. The Morgan fingerprint density at radius 2 is 2.47 bits per heavy atom. The van der Waals surface area contributed by atoms with Crippen LogP contribution in [-0.2, 0) is 13.1 Å². The number of hydrogen-bond donors (Lipinski definition) is 1. The van der Waals surface area contributed by atoms with Crippen molar-refractivity contribution in [2.45, 2.75) is 13.1 Å².